The minimum atomic E-state index is -0.569. The highest BCUT2D eigenvalue weighted by Crippen LogP contribution is 2.15. The number of hydrogen-bond donors (Lipinski definition) is 1. The molecule has 0 aliphatic heterocycles. The summed E-state index contributed by atoms with van der Waals surface area (Å²) >= 11 is 0. The molecule has 0 heterocycles. The molecule has 1 aromatic carbocycles. The van der Waals surface area contributed by atoms with Crippen LogP contribution in [0.15, 0.2) is 24.3 Å². The smallest absolute Gasteiger partial charge is 0.102 e. The van der Waals surface area contributed by atoms with Gasteiger partial charge in [-0.2, -0.15) is 0 Å². The van der Waals surface area contributed by atoms with Gasteiger partial charge in [0.1, 0.15) is 6.10 Å². The Hall–Kier alpha value is -0.900. The molecule has 0 aromatic heterocycles. The molecule has 3 nitrogen and oxygen atoms in total. The van der Waals surface area contributed by atoms with Gasteiger partial charge in [-0.3, -0.25) is 0 Å². The van der Waals surface area contributed by atoms with Crippen LogP contribution in [0.4, 0.5) is 0 Å². The van der Waals surface area contributed by atoms with E-state index in [4.69, 9.17) is 9.47 Å². The normalized spacial score (nSPS) is 14.6. The number of ether oxygens (including phenoxy) is 2. The maximum Gasteiger partial charge on any atom is 0.102 e. The fourth-order valence-corrected chi connectivity index (χ4v) is 1.61. The van der Waals surface area contributed by atoms with E-state index < -0.39 is 6.10 Å². The highest BCUT2D eigenvalue weighted by Gasteiger charge is 2.10. The van der Waals surface area contributed by atoms with E-state index in [1.54, 1.807) is 7.11 Å². The standard InChI is InChI=1S/C14H22O3/c1-4-12-5-7-13(8-6-12)14(15)10-17-11(2)9-16-3/h5-8,11,14-15H,4,9-10H2,1-3H3. The number of rotatable bonds is 7. The van der Waals surface area contributed by atoms with Gasteiger partial charge in [0.25, 0.3) is 0 Å². The lowest BCUT2D eigenvalue weighted by atomic mass is 10.1. The third kappa shape index (κ3) is 4.86. The van der Waals surface area contributed by atoms with E-state index in [2.05, 4.69) is 6.92 Å². The molecule has 0 spiro atoms. The third-order valence-electron chi connectivity index (χ3n) is 2.71. The first-order valence-corrected chi connectivity index (χ1v) is 6.04. The van der Waals surface area contributed by atoms with Crippen LogP contribution < -0.4 is 0 Å². The summed E-state index contributed by atoms with van der Waals surface area (Å²) in [5.74, 6) is 0. The second-order valence-electron chi connectivity index (χ2n) is 4.21. The molecule has 0 aliphatic rings. The maximum absolute atomic E-state index is 9.94. The van der Waals surface area contributed by atoms with Gasteiger partial charge < -0.3 is 14.6 Å². The lowest BCUT2D eigenvalue weighted by Gasteiger charge is -2.16. The van der Waals surface area contributed by atoms with Crippen molar-refractivity contribution in [1.29, 1.82) is 0 Å². The van der Waals surface area contributed by atoms with Crippen LogP contribution in [0, 0.1) is 0 Å². The van der Waals surface area contributed by atoms with E-state index in [0.29, 0.717) is 13.2 Å². The molecule has 1 N–H and O–H groups in total. The monoisotopic (exact) mass is 238 g/mol. The predicted molar refractivity (Wildman–Crippen MR) is 68.1 cm³/mol. The first-order valence-electron chi connectivity index (χ1n) is 6.04. The molecule has 0 radical (unpaired) electrons. The van der Waals surface area contributed by atoms with E-state index in [-0.39, 0.29) is 6.10 Å². The fourth-order valence-electron chi connectivity index (χ4n) is 1.61. The van der Waals surface area contributed by atoms with Gasteiger partial charge in [0, 0.05) is 7.11 Å². The van der Waals surface area contributed by atoms with Crippen LogP contribution in [-0.4, -0.2) is 31.5 Å². The highest BCUT2D eigenvalue weighted by atomic mass is 16.5. The molecular formula is C14H22O3. The molecule has 0 saturated heterocycles. The first kappa shape index (κ1) is 14.2. The molecule has 3 heteroatoms. The van der Waals surface area contributed by atoms with E-state index in [1.807, 2.05) is 31.2 Å². The molecule has 17 heavy (non-hydrogen) atoms. The van der Waals surface area contributed by atoms with Crippen LogP contribution >= 0.6 is 0 Å². The van der Waals surface area contributed by atoms with Gasteiger partial charge in [0.05, 0.1) is 19.3 Å². The molecule has 0 amide bonds. The van der Waals surface area contributed by atoms with Crippen molar-refractivity contribution in [3.8, 4) is 0 Å². The molecule has 1 rings (SSSR count). The van der Waals surface area contributed by atoms with Crippen LogP contribution in [0.25, 0.3) is 0 Å². The quantitative estimate of drug-likeness (QED) is 0.792. The molecule has 0 aliphatic carbocycles. The number of aryl methyl sites for hydroxylation is 1. The Bertz CT molecular complexity index is 308. The Labute approximate surface area is 103 Å². The average molecular weight is 238 g/mol. The second-order valence-corrected chi connectivity index (χ2v) is 4.21. The molecule has 0 fully saturated rings. The molecule has 0 saturated carbocycles. The van der Waals surface area contributed by atoms with E-state index in [0.717, 1.165) is 12.0 Å². The SMILES string of the molecule is CCc1ccc(C(O)COC(C)COC)cc1. The highest BCUT2D eigenvalue weighted by molar-refractivity contribution is 5.24. The molecule has 2 unspecified atom stereocenters. The Balaban J connectivity index is 2.43. The van der Waals surface area contributed by atoms with Gasteiger partial charge in [0.2, 0.25) is 0 Å². The predicted octanol–water partition coefficient (Wildman–Crippen LogP) is 2.33. The van der Waals surface area contributed by atoms with Gasteiger partial charge in [-0.15, -0.1) is 0 Å². The second kappa shape index (κ2) is 7.43. The molecular weight excluding hydrogens is 216 g/mol. The first-order chi connectivity index (χ1) is 8.17. The summed E-state index contributed by atoms with van der Waals surface area (Å²) in [6, 6.07) is 7.98. The van der Waals surface area contributed by atoms with E-state index in [1.165, 1.54) is 5.56 Å². The van der Waals surface area contributed by atoms with Gasteiger partial charge in [-0.1, -0.05) is 31.2 Å². The summed E-state index contributed by atoms with van der Waals surface area (Å²) in [4.78, 5) is 0. The number of aliphatic hydroxyl groups excluding tert-OH is 1. The minimum absolute atomic E-state index is 0.00423. The fraction of sp³-hybridized carbons (Fsp3) is 0.571. The van der Waals surface area contributed by atoms with Crippen LogP contribution in [0.5, 0.6) is 0 Å². The van der Waals surface area contributed by atoms with Crippen molar-refractivity contribution in [2.24, 2.45) is 0 Å². The van der Waals surface area contributed by atoms with Crippen molar-refractivity contribution in [3.05, 3.63) is 35.4 Å². The number of benzene rings is 1. The van der Waals surface area contributed by atoms with Crippen molar-refractivity contribution in [2.45, 2.75) is 32.5 Å². The molecule has 2 atom stereocenters. The van der Waals surface area contributed by atoms with Crippen LogP contribution in [0.2, 0.25) is 0 Å². The van der Waals surface area contributed by atoms with Crippen molar-refractivity contribution >= 4 is 0 Å². The summed E-state index contributed by atoms with van der Waals surface area (Å²) in [7, 11) is 1.64. The molecule has 0 bridgehead atoms. The van der Waals surface area contributed by atoms with Crippen molar-refractivity contribution in [3.63, 3.8) is 0 Å². The van der Waals surface area contributed by atoms with Crippen LogP contribution in [-0.2, 0) is 15.9 Å². The van der Waals surface area contributed by atoms with Crippen LogP contribution in [0.1, 0.15) is 31.1 Å². The zero-order valence-corrected chi connectivity index (χ0v) is 10.8. The number of hydrogen-bond acceptors (Lipinski definition) is 3. The summed E-state index contributed by atoms with van der Waals surface area (Å²) in [6.07, 6.45) is 0.447. The lowest BCUT2D eigenvalue weighted by molar-refractivity contribution is -0.0325. The molecule has 1 aromatic rings. The minimum Gasteiger partial charge on any atom is -0.386 e. The third-order valence-corrected chi connectivity index (χ3v) is 2.71. The van der Waals surface area contributed by atoms with Crippen molar-refractivity contribution < 1.29 is 14.6 Å². The summed E-state index contributed by atoms with van der Waals surface area (Å²) in [6.45, 7) is 4.88. The maximum atomic E-state index is 9.94. The molecule has 96 valence electrons. The largest absolute Gasteiger partial charge is 0.386 e. The Morgan fingerprint density at radius 3 is 2.35 bits per heavy atom. The zero-order chi connectivity index (χ0) is 12.7. The Kier molecular flexibility index (Phi) is 6.19. The van der Waals surface area contributed by atoms with Gasteiger partial charge >= 0.3 is 0 Å². The zero-order valence-electron chi connectivity index (χ0n) is 10.8. The topological polar surface area (TPSA) is 38.7 Å². The summed E-state index contributed by atoms with van der Waals surface area (Å²) in [5, 5.41) is 9.94. The van der Waals surface area contributed by atoms with Crippen molar-refractivity contribution in [2.75, 3.05) is 20.3 Å². The lowest BCUT2D eigenvalue weighted by Crippen LogP contribution is -2.18. The Morgan fingerprint density at radius 2 is 1.82 bits per heavy atom. The Morgan fingerprint density at radius 1 is 1.18 bits per heavy atom. The number of aliphatic hydroxyl groups is 1. The van der Waals surface area contributed by atoms with E-state index >= 15 is 0 Å². The average Bonchev–Trinajstić information content (AvgIpc) is 2.36. The van der Waals surface area contributed by atoms with Gasteiger partial charge in [0.15, 0.2) is 0 Å². The van der Waals surface area contributed by atoms with Gasteiger partial charge in [-0.25, -0.2) is 0 Å². The summed E-state index contributed by atoms with van der Waals surface area (Å²) in [5.41, 5.74) is 2.17. The van der Waals surface area contributed by atoms with E-state index in [9.17, 15) is 5.11 Å². The van der Waals surface area contributed by atoms with Gasteiger partial charge in [-0.05, 0) is 24.5 Å². The van der Waals surface area contributed by atoms with Crippen molar-refractivity contribution in [1.82, 2.24) is 0 Å². The van der Waals surface area contributed by atoms with Crippen LogP contribution in [0.3, 0.4) is 0 Å². The summed E-state index contributed by atoms with van der Waals surface area (Å²) < 4.78 is 10.4. The number of methoxy groups -OCH3 is 1.